The number of hydrogen-bond donors (Lipinski definition) is 2. The summed E-state index contributed by atoms with van der Waals surface area (Å²) in [5, 5.41) is 11.5. The first-order chi connectivity index (χ1) is 8.79. The number of aliphatic hydroxyl groups excluding tert-OH is 1. The van der Waals surface area contributed by atoms with E-state index in [1.54, 1.807) is 0 Å². The SMILES string of the molecule is O=C(Cc1ccc2c(c1)CCCC2)NCCCO. The number of nitrogens with one attached hydrogen (secondary N) is 1. The predicted octanol–water partition coefficient (Wildman–Crippen LogP) is 1.61. The smallest absolute Gasteiger partial charge is 0.224 e. The van der Waals surface area contributed by atoms with E-state index < -0.39 is 0 Å². The second-order valence-electron chi connectivity index (χ2n) is 4.91. The van der Waals surface area contributed by atoms with Gasteiger partial charge < -0.3 is 10.4 Å². The van der Waals surface area contributed by atoms with Crippen molar-refractivity contribution in [3.8, 4) is 0 Å². The lowest BCUT2D eigenvalue weighted by Crippen LogP contribution is -2.26. The van der Waals surface area contributed by atoms with Crippen molar-refractivity contribution in [3.63, 3.8) is 0 Å². The van der Waals surface area contributed by atoms with Crippen molar-refractivity contribution in [2.45, 2.75) is 38.5 Å². The van der Waals surface area contributed by atoms with Gasteiger partial charge in [0.2, 0.25) is 5.91 Å². The number of rotatable bonds is 5. The van der Waals surface area contributed by atoms with Crippen LogP contribution in [0.2, 0.25) is 0 Å². The van der Waals surface area contributed by atoms with E-state index in [1.165, 1.54) is 30.4 Å². The highest BCUT2D eigenvalue weighted by Gasteiger charge is 2.10. The van der Waals surface area contributed by atoms with Gasteiger partial charge in [-0.3, -0.25) is 4.79 Å². The van der Waals surface area contributed by atoms with Crippen LogP contribution in [0, 0.1) is 0 Å². The van der Waals surface area contributed by atoms with Gasteiger partial charge in [-0.2, -0.15) is 0 Å². The molecule has 0 fully saturated rings. The third kappa shape index (κ3) is 3.57. The Hall–Kier alpha value is -1.35. The fourth-order valence-electron chi connectivity index (χ4n) is 2.45. The number of fused-ring (bicyclic) bond motifs is 1. The summed E-state index contributed by atoms with van der Waals surface area (Å²) in [6.45, 7) is 0.680. The topological polar surface area (TPSA) is 49.3 Å². The highest BCUT2D eigenvalue weighted by atomic mass is 16.3. The van der Waals surface area contributed by atoms with Crippen LogP contribution < -0.4 is 5.32 Å². The highest BCUT2D eigenvalue weighted by molar-refractivity contribution is 5.78. The molecule has 2 N–H and O–H groups in total. The van der Waals surface area contributed by atoms with Gasteiger partial charge >= 0.3 is 0 Å². The average Bonchev–Trinajstić information content (AvgIpc) is 2.39. The fourth-order valence-corrected chi connectivity index (χ4v) is 2.45. The van der Waals surface area contributed by atoms with Crippen molar-refractivity contribution in [2.24, 2.45) is 0 Å². The van der Waals surface area contributed by atoms with Gasteiger partial charge in [0.15, 0.2) is 0 Å². The minimum absolute atomic E-state index is 0.0409. The summed E-state index contributed by atoms with van der Waals surface area (Å²) >= 11 is 0. The first-order valence-electron chi connectivity index (χ1n) is 6.78. The normalized spacial score (nSPS) is 14.1. The molecule has 0 saturated heterocycles. The number of amides is 1. The molecule has 0 aromatic heterocycles. The lowest BCUT2D eigenvalue weighted by Gasteiger charge is -2.16. The first-order valence-corrected chi connectivity index (χ1v) is 6.78. The summed E-state index contributed by atoms with van der Waals surface area (Å²) in [7, 11) is 0. The Balaban J connectivity index is 1.91. The van der Waals surface area contributed by atoms with Crippen molar-refractivity contribution in [3.05, 3.63) is 34.9 Å². The standard InChI is InChI=1S/C15H21NO2/c17-9-3-8-16-15(18)11-12-6-7-13-4-1-2-5-14(13)10-12/h6-7,10,17H,1-5,8-9,11H2,(H,16,18). The molecule has 2 rings (SSSR count). The van der Waals surface area contributed by atoms with Gasteiger partial charge in [-0.25, -0.2) is 0 Å². The summed E-state index contributed by atoms with van der Waals surface area (Å²) in [5.41, 5.74) is 3.96. The zero-order valence-corrected chi connectivity index (χ0v) is 10.7. The van der Waals surface area contributed by atoms with Crippen LogP contribution in [0.25, 0.3) is 0 Å². The lowest BCUT2D eigenvalue weighted by atomic mass is 9.90. The van der Waals surface area contributed by atoms with Crippen LogP contribution >= 0.6 is 0 Å². The predicted molar refractivity (Wildman–Crippen MR) is 71.5 cm³/mol. The van der Waals surface area contributed by atoms with Gasteiger partial charge in [0, 0.05) is 13.2 Å². The number of benzene rings is 1. The van der Waals surface area contributed by atoms with Crippen LogP contribution in [-0.2, 0) is 24.1 Å². The third-order valence-electron chi connectivity index (χ3n) is 3.43. The number of hydrogen-bond acceptors (Lipinski definition) is 2. The van der Waals surface area contributed by atoms with Crippen molar-refractivity contribution in [1.82, 2.24) is 5.32 Å². The van der Waals surface area contributed by atoms with Crippen LogP contribution in [0.3, 0.4) is 0 Å². The molecule has 3 heteroatoms. The first kappa shape index (κ1) is 13.1. The van der Waals surface area contributed by atoms with Crippen LogP contribution in [0.1, 0.15) is 36.0 Å². The molecule has 0 atom stereocenters. The zero-order chi connectivity index (χ0) is 12.8. The summed E-state index contributed by atoms with van der Waals surface area (Å²) in [6, 6.07) is 6.42. The second-order valence-corrected chi connectivity index (χ2v) is 4.91. The molecule has 18 heavy (non-hydrogen) atoms. The van der Waals surface area contributed by atoms with Gasteiger partial charge in [-0.1, -0.05) is 18.2 Å². The van der Waals surface area contributed by atoms with Gasteiger partial charge in [0.05, 0.1) is 6.42 Å². The van der Waals surface area contributed by atoms with Crippen LogP contribution in [-0.4, -0.2) is 24.2 Å². The maximum Gasteiger partial charge on any atom is 0.224 e. The molecule has 3 nitrogen and oxygen atoms in total. The molecule has 1 aliphatic rings. The zero-order valence-electron chi connectivity index (χ0n) is 10.7. The number of aliphatic hydroxyl groups is 1. The minimum Gasteiger partial charge on any atom is -0.396 e. The minimum atomic E-state index is 0.0409. The molecule has 0 spiro atoms. The number of carbonyl (C=O) groups is 1. The lowest BCUT2D eigenvalue weighted by molar-refractivity contribution is -0.120. The summed E-state index contributed by atoms with van der Waals surface area (Å²) in [5.74, 6) is 0.0409. The quantitative estimate of drug-likeness (QED) is 0.777. The third-order valence-corrected chi connectivity index (χ3v) is 3.43. The Bertz CT molecular complexity index is 415. The highest BCUT2D eigenvalue weighted by Crippen LogP contribution is 2.22. The molecule has 1 aromatic carbocycles. The summed E-state index contributed by atoms with van der Waals surface area (Å²) < 4.78 is 0. The number of carbonyl (C=O) groups excluding carboxylic acids is 1. The molecular weight excluding hydrogens is 226 g/mol. The van der Waals surface area contributed by atoms with E-state index in [1.807, 2.05) is 0 Å². The van der Waals surface area contributed by atoms with Crippen LogP contribution in [0.15, 0.2) is 18.2 Å². The molecule has 0 unspecified atom stereocenters. The van der Waals surface area contributed by atoms with E-state index in [0.717, 1.165) is 12.0 Å². The van der Waals surface area contributed by atoms with Crippen LogP contribution in [0.4, 0.5) is 0 Å². The van der Waals surface area contributed by atoms with Gasteiger partial charge in [-0.15, -0.1) is 0 Å². The van der Waals surface area contributed by atoms with Crippen LogP contribution in [0.5, 0.6) is 0 Å². The van der Waals surface area contributed by atoms with E-state index in [4.69, 9.17) is 5.11 Å². The Kier molecular flexibility index (Phi) is 4.76. The fraction of sp³-hybridized carbons (Fsp3) is 0.533. The molecule has 0 radical (unpaired) electrons. The molecule has 1 amide bonds. The van der Waals surface area contributed by atoms with Crippen molar-refractivity contribution < 1.29 is 9.90 Å². The number of aryl methyl sites for hydroxylation is 2. The molecule has 98 valence electrons. The maximum atomic E-state index is 11.7. The van der Waals surface area contributed by atoms with E-state index in [2.05, 4.69) is 23.5 Å². The van der Waals surface area contributed by atoms with E-state index in [-0.39, 0.29) is 12.5 Å². The second kappa shape index (κ2) is 6.55. The van der Waals surface area contributed by atoms with Crippen molar-refractivity contribution in [2.75, 3.05) is 13.2 Å². The average molecular weight is 247 g/mol. The molecule has 0 aliphatic heterocycles. The monoisotopic (exact) mass is 247 g/mol. The Morgan fingerprint density at radius 2 is 2.00 bits per heavy atom. The molecule has 0 heterocycles. The summed E-state index contributed by atoms with van der Waals surface area (Å²) in [6.07, 6.45) is 5.94. The summed E-state index contributed by atoms with van der Waals surface area (Å²) in [4.78, 5) is 11.7. The van der Waals surface area contributed by atoms with Crippen molar-refractivity contribution >= 4 is 5.91 Å². The Labute approximate surface area is 108 Å². The largest absolute Gasteiger partial charge is 0.396 e. The molecule has 0 bridgehead atoms. The Morgan fingerprint density at radius 3 is 2.78 bits per heavy atom. The molecule has 1 aromatic rings. The Morgan fingerprint density at radius 1 is 1.22 bits per heavy atom. The van der Waals surface area contributed by atoms with Crippen molar-refractivity contribution in [1.29, 1.82) is 0 Å². The maximum absolute atomic E-state index is 11.7. The van der Waals surface area contributed by atoms with Gasteiger partial charge in [-0.05, 0) is 48.8 Å². The molecule has 1 aliphatic carbocycles. The van der Waals surface area contributed by atoms with E-state index in [0.29, 0.717) is 19.4 Å². The molecular formula is C15H21NO2. The van der Waals surface area contributed by atoms with E-state index >= 15 is 0 Å². The van der Waals surface area contributed by atoms with Gasteiger partial charge in [0.1, 0.15) is 0 Å². The van der Waals surface area contributed by atoms with Gasteiger partial charge in [0.25, 0.3) is 0 Å². The van der Waals surface area contributed by atoms with E-state index in [9.17, 15) is 4.79 Å². The molecule has 0 saturated carbocycles.